The third kappa shape index (κ3) is 3.25. The molecule has 0 fully saturated rings. The highest BCUT2D eigenvalue weighted by molar-refractivity contribution is 6.27. The molecular formula is C10H9ClNO3-. The van der Waals surface area contributed by atoms with Crippen molar-refractivity contribution in [2.75, 3.05) is 5.88 Å². The molecule has 0 bridgehead atoms. The number of hydrogen-bond donors (Lipinski definition) is 1. The van der Waals surface area contributed by atoms with Crippen LogP contribution in [0.15, 0.2) is 30.3 Å². The van der Waals surface area contributed by atoms with Gasteiger partial charge in [-0.1, -0.05) is 30.3 Å². The average Bonchev–Trinajstić information content (AvgIpc) is 2.26. The Morgan fingerprint density at radius 1 is 1.33 bits per heavy atom. The van der Waals surface area contributed by atoms with E-state index in [1.54, 1.807) is 30.3 Å². The SMILES string of the molecule is O=C(CCl)N[C@@H](C(=O)[O-])c1ccccc1. The number of carbonyl (C=O) groups is 2. The van der Waals surface area contributed by atoms with Crippen molar-refractivity contribution < 1.29 is 14.7 Å². The van der Waals surface area contributed by atoms with Crippen LogP contribution >= 0.6 is 11.6 Å². The molecule has 1 aromatic rings. The molecule has 0 saturated carbocycles. The summed E-state index contributed by atoms with van der Waals surface area (Å²) in [4.78, 5) is 21.7. The fourth-order valence-corrected chi connectivity index (χ4v) is 1.20. The summed E-state index contributed by atoms with van der Waals surface area (Å²) in [6.45, 7) is 0. The Balaban J connectivity index is 2.84. The van der Waals surface area contributed by atoms with Crippen molar-refractivity contribution in [1.29, 1.82) is 0 Å². The fraction of sp³-hybridized carbons (Fsp3) is 0.200. The van der Waals surface area contributed by atoms with Crippen LogP contribution in [0.1, 0.15) is 11.6 Å². The van der Waals surface area contributed by atoms with Crippen molar-refractivity contribution >= 4 is 23.5 Å². The molecule has 0 aliphatic rings. The summed E-state index contributed by atoms with van der Waals surface area (Å²) in [6, 6.07) is 7.14. The van der Waals surface area contributed by atoms with E-state index in [2.05, 4.69) is 5.32 Å². The van der Waals surface area contributed by atoms with Crippen molar-refractivity contribution in [2.45, 2.75) is 6.04 Å². The first-order valence-electron chi connectivity index (χ1n) is 4.26. The van der Waals surface area contributed by atoms with Gasteiger partial charge in [-0.05, 0) is 5.56 Å². The predicted molar refractivity (Wildman–Crippen MR) is 53.1 cm³/mol. The summed E-state index contributed by atoms with van der Waals surface area (Å²) in [6.07, 6.45) is 0. The number of alkyl halides is 1. The summed E-state index contributed by atoms with van der Waals surface area (Å²) >= 11 is 5.26. The second-order valence-corrected chi connectivity index (χ2v) is 3.13. The van der Waals surface area contributed by atoms with Crippen LogP contribution in [0.2, 0.25) is 0 Å². The van der Waals surface area contributed by atoms with E-state index >= 15 is 0 Å². The van der Waals surface area contributed by atoms with Gasteiger partial charge in [0.15, 0.2) is 0 Å². The fourth-order valence-electron chi connectivity index (χ4n) is 1.12. The molecule has 0 aromatic heterocycles. The van der Waals surface area contributed by atoms with Crippen molar-refractivity contribution in [3.05, 3.63) is 35.9 Å². The Bertz CT molecular complexity index is 353. The van der Waals surface area contributed by atoms with E-state index in [1.165, 1.54) is 0 Å². The van der Waals surface area contributed by atoms with Gasteiger partial charge in [0.2, 0.25) is 5.91 Å². The summed E-state index contributed by atoms with van der Waals surface area (Å²) in [5, 5.41) is 13.0. The van der Waals surface area contributed by atoms with Gasteiger partial charge in [-0.25, -0.2) is 0 Å². The van der Waals surface area contributed by atoms with Crippen molar-refractivity contribution in [3.63, 3.8) is 0 Å². The van der Waals surface area contributed by atoms with Gasteiger partial charge < -0.3 is 15.2 Å². The Hall–Kier alpha value is -1.55. The lowest BCUT2D eigenvalue weighted by molar-refractivity contribution is -0.308. The third-order valence-corrected chi connectivity index (χ3v) is 2.04. The summed E-state index contributed by atoms with van der Waals surface area (Å²) in [7, 11) is 0. The van der Waals surface area contributed by atoms with Crippen LogP contribution in [0.25, 0.3) is 0 Å². The first kappa shape index (κ1) is 11.5. The van der Waals surface area contributed by atoms with Crippen LogP contribution in [-0.2, 0) is 9.59 Å². The minimum atomic E-state index is -1.36. The lowest BCUT2D eigenvalue weighted by Crippen LogP contribution is -2.41. The number of benzene rings is 1. The zero-order valence-electron chi connectivity index (χ0n) is 7.77. The molecule has 5 heteroatoms. The molecule has 4 nitrogen and oxygen atoms in total. The Labute approximate surface area is 91.9 Å². The van der Waals surface area contributed by atoms with Crippen molar-refractivity contribution in [1.82, 2.24) is 5.32 Å². The number of halogens is 1. The molecule has 0 saturated heterocycles. The van der Waals surface area contributed by atoms with Crippen LogP contribution in [0, 0.1) is 0 Å². The normalized spacial score (nSPS) is 11.8. The molecule has 0 radical (unpaired) electrons. The number of hydrogen-bond acceptors (Lipinski definition) is 3. The molecular weight excluding hydrogens is 218 g/mol. The third-order valence-electron chi connectivity index (χ3n) is 1.80. The smallest absolute Gasteiger partial charge is 0.235 e. The zero-order valence-corrected chi connectivity index (χ0v) is 8.53. The van der Waals surface area contributed by atoms with Gasteiger partial charge in [0.25, 0.3) is 0 Å². The second kappa shape index (κ2) is 5.36. The number of carboxylic acids is 1. The summed E-state index contributed by atoms with van der Waals surface area (Å²) < 4.78 is 0. The van der Waals surface area contributed by atoms with Gasteiger partial charge >= 0.3 is 0 Å². The number of amides is 1. The lowest BCUT2D eigenvalue weighted by Gasteiger charge is -2.19. The Morgan fingerprint density at radius 3 is 2.40 bits per heavy atom. The number of rotatable bonds is 4. The molecule has 1 rings (SSSR count). The molecule has 0 unspecified atom stereocenters. The average molecular weight is 227 g/mol. The highest BCUT2D eigenvalue weighted by Gasteiger charge is 2.14. The summed E-state index contributed by atoms with van der Waals surface area (Å²) in [5.41, 5.74) is 0.455. The molecule has 0 aliphatic heterocycles. The van der Waals surface area contributed by atoms with Gasteiger partial charge in [0.1, 0.15) is 5.88 Å². The van der Waals surface area contributed by atoms with Gasteiger partial charge in [-0.3, -0.25) is 4.79 Å². The maximum Gasteiger partial charge on any atom is 0.235 e. The molecule has 1 atom stereocenters. The van der Waals surface area contributed by atoms with Crippen molar-refractivity contribution in [3.8, 4) is 0 Å². The lowest BCUT2D eigenvalue weighted by atomic mass is 10.1. The minimum Gasteiger partial charge on any atom is -0.548 e. The van der Waals surface area contributed by atoms with Crippen molar-refractivity contribution in [2.24, 2.45) is 0 Å². The molecule has 80 valence electrons. The minimum absolute atomic E-state index is 0.281. The molecule has 1 N–H and O–H groups in total. The van der Waals surface area contributed by atoms with E-state index in [1.807, 2.05) is 0 Å². The maximum absolute atomic E-state index is 11.0. The Kier molecular flexibility index (Phi) is 4.12. The number of nitrogens with one attached hydrogen (secondary N) is 1. The monoisotopic (exact) mass is 226 g/mol. The maximum atomic E-state index is 11.0. The van der Waals surface area contributed by atoms with Gasteiger partial charge in [-0.15, -0.1) is 11.6 Å². The van der Waals surface area contributed by atoms with E-state index in [-0.39, 0.29) is 5.88 Å². The molecule has 1 aromatic carbocycles. The van der Waals surface area contributed by atoms with E-state index in [4.69, 9.17) is 11.6 Å². The molecule has 1 amide bonds. The standard InChI is InChI=1S/C10H10ClNO3/c11-6-8(13)12-9(10(14)15)7-4-2-1-3-5-7/h1-5,9H,6H2,(H,12,13)(H,14,15)/p-1/t9-/m1/s1. The number of aliphatic carboxylic acids is 1. The largest absolute Gasteiger partial charge is 0.548 e. The first-order valence-corrected chi connectivity index (χ1v) is 4.79. The van der Waals surface area contributed by atoms with Crippen LogP contribution in [0.3, 0.4) is 0 Å². The highest BCUT2D eigenvalue weighted by Crippen LogP contribution is 2.11. The number of carbonyl (C=O) groups excluding carboxylic acids is 2. The first-order chi connectivity index (χ1) is 7.15. The molecule has 0 aliphatic carbocycles. The van der Waals surface area contributed by atoms with Crippen LogP contribution in [0.4, 0.5) is 0 Å². The van der Waals surface area contributed by atoms with E-state index in [0.29, 0.717) is 5.56 Å². The van der Waals surface area contributed by atoms with E-state index in [0.717, 1.165) is 0 Å². The quantitative estimate of drug-likeness (QED) is 0.725. The highest BCUT2D eigenvalue weighted by atomic mass is 35.5. The van der Waals surface area contributed by atoms with Crippen LogP contribution in [0.5, 0.6) is 0 Å². The van der Waals surface area contributed by atoms with Gasteiger partial charge in [0, 0.05) is 0 Å². The second-order valence-electron chi connectivity index (χ2n) is 2.86. The topological polar surface area (TPSA) is 69.2 Å². The molecule has 15 heavy (non-hydrogen) atoms. The van der Waals surface area contributed by atoms with E-state index < -0.39 is 17.9 Å². The van der Waals surface area contributed by atoms with Gasteiger partial charge in [-0.2, -0.15) is 0 Å². The number of carboxylic acid groups (broad SMARTS) is 1. The van der Waals surface area contributed by atoms with Crippen LogP contribution < -0.4 is 10.4 Å². The van der Waals surface area contributed by atoms with E-state index in [9.17, 15) is 14.7 Å². The Morgan fingerprint density at radius 2 is 1.93 bits per heavy atom. The molecule has 0 spiro atoms. The molecule has 0 heterocycles. The van der Waals surface area contributed by atoms with Gasteiger partial charge in [0.05, 0.1) is 12.0 Å². The predicted octanol–water partition coefficient (Wildman–Crippen LogP) is -0.167. The zero-order chi connectivity index (χ0) is 11.3. The van der Waals surface area contributed by atoms with Crippen LogP contribution in [-0.4, -0.2) is 17.8 Å². The summed E-state index contributed by atoms with van der Waals surface area (Å²) in [5.74, 6) is -2.19.